The number of carbonyl (C=O) groups is 1. The Morgan fingerprint density at radius 3 is 2.75 bits per heavy atom. The molecule has 4 nitrogen and oxygen atoms in total. The van der Waals surface area contributed by atoms with Crippen LogP contribution in [0.4, 0.5) is 11.4 Å². The lowest BCUT2D eigenvalue weighted by atomic mass is 10.2. The molecule has 0 spiro atoms. The highest BCUT2D eigenvalue weighted by Gasteiger charge is 2.05. The van der Waals surface area contributed by atoms with Crippen LogP contribution in [0.2, 0.25) is 5.02 Å². The number of benzene rings is 2. The molecular weight excluding hydrogens is 276 g/mol. The Kier molecular flexibility index (Phi) is 4.48. The van der Waals surface area contributed by atoms with E-state index in [2.05, 4.69) is 5.32 Å². The van der Waals surface area contributed by atoms with Crippen LogP contribution in [0.3, 0.4) is 0 Å². The van der Waals surface area contributed by atoms with Gasteiger partial charge in [-0.25, -0.2) is 0 Å². The van der Waals surface area contributed by atoms with Crippen LogP contribution < -0.4 is 15.8 Å². The Morgan fingerprint density at radius 1 is 1.30 bits per heavy atom. The topological polar surface area (TPSA) is 64.3 Å². The SMILES string of the molecule is CC(=O)Nc1ccccc1OCc1ccc(Cl)c(N)c1. The van der Waals surface area contributed by atoms with Crippen molar-refractivity contribution in [1.82, 2.24) is 0 Å². The molecule has 2 rings (SSSR count). The number of carbonyl (C=O) groups excluding carboxylic acids is 1. The second-order valence-corrected chi connectivity index (χ2v) is 4.73. The average molecular weight is 291 g/mol. The molecule has 104 valence electrons. The minimum absolute atomic E-state index is 0.142. The highest BCUT2D eigenvalue weighted by molar-refractivity contribution is 6.33. The van der Waals surface area contributed by atoms with E-state index in [0.29, 0.717) is 28.8 Å². The number of rotatable bonds is 4. The van der Waals surface area contributed by atoms with Gasteiger partial charge in [0, 0.05) is 6.92 Å². The van der Waals surface area contributed by atoms with Crippen LogP contribution >= 0.6 is 11.6 Å². The third kappa shape index (κ3) is 3.65. The van der Waals surface area contributed by atoms with E-state index in [1.807, 2.05) is 18.2 Å². The Hall–Kier alpha value is -2.20. The van der Waals surface area contributed by atoms with E-state index in [-0.39, 0.29) is 5.91 Å². The fourth-order valence-corrected chi connectivity index (χ4v) is 1.85. The average Bonchev–Trinajstić information content (AvgIpc) is 2.41. The molecule has 3 N–H and O–H groups in total. The molecule has 0 aliphatic heterocycles. The fourth-order valence-electron chi connectivity index (χ4n) is 1.73. The third-order valence-electron chi connectivity index (χ3n) is 2.65. The van der Waals surface area contributed by atoms with Crippen molar-refractivity contribution < 1.29 is 9.53 Å². The van der Waals surface area contributed by atoms with Gasteiger partial charge in [-0.15, -0.1) is 0 Å². The van der Waals surface area contributed by atoms with Crippen molar-refractivity contribution in [2.24, 2.45) is 0 Å². The maximum absolute atomic E-state index is 11.1. The third-order valence-corrected chi connectivity index (χ3v) is 3.00. The summed E-state index contributed by atoms with van der Waals surface area (Å²) in [4.78, 5) is 11.1. The zero-order chi connectivity index (χ0) is 14.5. The molecule has 0 atom stereocenters. The zero-order valence-electron chi connectivity index (χ0n) is 11.0. The summed E-state index contributed by atoms with van der Waals surface area (Å²) >= 11 is 5.87. The predicted molar refractivity (Wildman–Crippen MR) is 80.9 cm³/mol. The summed E-state index contributed by atoms with van der Waals surface area (Å²) in [5.41, 5.74) is 7.81. The Labute approximate surface area is 122 Å². The molecule has 0 radical (unpaired) electrons. The molecule has 2 aromatic carbocycles. The molecule has 1 amide bonds. The number of anilines is 2. The van der Waals surface area contributed by atoms with E-state index in [9.17, 15) is 4.79 Å². The van der Waals surface area contributed by atoms with Gasteiger partial charge in [-0.2, -0.15) is 0 Å². The lowest BCUT2D eigenvalue weighted by Gasteiger charge is -2.12. The lowest BCUT2D eigenvalue weighted by molar-refractivity contribution is -0.114. The molecule has 5 heteroatoms. The van der Waals surface area contributed by atoms with Gasteiger partial charge in [-0.05, 0) is 29.8 Å². The first-order valence-corrected chi connectivity index (χ1v) is 6.47. The van der Waals surface area contributed by atoms with E-state index >= 15 is 0 Å². The van der Waals surface area contributed by atoms with Crippen LogP contribution in [0.15, 0.2) is 42.5 Å². The maximum atomic E-state index is 11.1. The number of para-hydroxylation sites is 2. The molecule has 0 bridgehead atoms. The van der Waals surface area contributed by atoms with Crippen LogP contribution in [0, 0.1) is 0 Å². The van der Waals surface area contributed by atoms with Gasteiger partial charge in [-0.1, -0.05) is 29.8 Å². The number of hydrogen-bond acceptors (Lipinski definition) is 3. The molecule has 0 aliphatic carbocycles. The Morgan fingerprint density at radius 2 is 2.05 bits per heavy atom. The number of hydrogen-bond donors (Lipinski definition) is 2. The maximum Gasteiger partial charge on any atom is 0.221 e. The number of ether oxygens (including phenoxy) is 1. The summed E-state index contributed by atoms with van der Waals surface area (Å²) in [5.74, 6) is 0.466. The number of nitrogen functional groups attached to an aromatic ring is 1. The van der Waals surface area contributed by atoms with E-state index in [1.54, 1.807) is 24.3 Å². The normalized spacial score (nSPS) is 10.1. The summed E-state index contributed by atoms with van der Waals surface area (Å²) in [7, 11) is 0. The van der Waals surface area contributed by atoms with Crippen molar-refractivity contribution in [3.8, 4) is 5.75 Å². The van der Waals surface area contributed by atoms with Gasteiger partial charge in [0.2, 0.25) is 5.91 Å². The second-order valence-electron chi connectivity index (χ2n) is 4.32. The molecule has 20 heavy (non-hydrogen) atoms. The van der Waals surface area contributed by atoms with Crippen LogP contribution in [-0.2, 0) is 11.4 Å². The van der Waals surface area contributed by atoms with Gasteiger partial charge in [0.15, 0.2) is 0 Å². The minimum atomic E-state index is -0.142. The smallest absolute Gasteiger partial charge is 0.221 e. The highest BCUT2D eigenvalue weighted by atomic mass is 35.5. The standard InChI is InChI=1S/C15H15ClN2O2/c1-10(19)18-14-4-2-3-5-15(14)20-9-11-6-7-12(16)13(17)8-11/h2-8H,9,17H2,1H3,(H,18,19). The quantitative estimate of drug-likeness (QED) is 0.848. The molecular formula is C15H15ClN2O2. The molecule has 0 aliphatic rings. The van der Waals surface area contributed by atoms with Gasteiger partial charge >= 0.3 is 0 Å². The van der Waals surface area contributed by atoms with Crippen molar-refractivity contribution in [3.05, 3.63) is 53.1 Å². The van der Waals surface area contributed by atoms with Crippen molar-refractivity contribution in [3.63, 3.8) is 0 Å². The van der Waals surface area contributed by atoms with Crippen molar-refractivity contribution >= 4 is 28.9 Å². The molecule has 0 heterocycles. The fraction of sp³-hybridized carbons (Fsp3) is 0.133. The van der Waals surface area contributed by atoms with Crippen LogP contribution in [-0.4, -0.2) is 5.91 Å². The first-order chi connectivity index (χ1) is 9.56. The van der Waals surface area contributed by atoms with Gasteiger partial charge in [-0.3, -0.25) is 4.79 Å². The Bertz CT molecular complexity index is 629. The predicted octanol–water partition coefficient (Wildman–Crippen LogP) is 3.46. The summed E-state index contributed by atoms with van der Waals surface area (Å²) in [6.07, 6.45) is 0. The zero-order valence-corrected chi connectivity index (χ0v) is 11.8. The van der Waals surface area contributed by atoms with Crippen molar-refractivity contribution in [2.45, 2.75) is 13.5 Å². The summed E-state index contributed by atoms with van der Waals surface area (Å²) < 4.78 is 5.71. The first kappa shape index (κ1) is 14.2. The number of nitrogens with two attached hydrogens (primary N) is 1. The van der Waals surface area contributed by atoms with Gasteiger partial charge in [0.25, 0.3) is 0 Å². The van der Waals surface area contributed by atoms with Gasteiger partial charge in [0.1, 0.15) is 12.4 Å². The molecule has 0 fully saturated rings. The monoisotopic (exact) mass is 290 g/mol. The first-order valence-electron chi connectivity index (χ1n) is 6.09. The largest absolute Gasteiger partial charge is 0.487 e. The van der Waals surface area contributed by atoms with E-state index in [1.165, 1.54) is 6.92 Å². The highest BCUT2D eigenvalue weighted by Crippen LogP contribution is 2.26. The molecule has 0 aromatic heterocycles. The Balaban J connectivity index is 2.10. The number of halogens is 1. The van der Waals surface area contributed by atoms with Crippen LogP contribution in [0.5, 0.6) is 5.75 Å². The van der Waals surface area contributed by atoms with E-state index < -0.39 is 0 Å². The van der Waals surface area contributed by atoms with Gasteiger partial charge < -0.3 is 15.8 Å². The van der Waals surface area contributed by atoms with Crippen molar-refractivity contribution in [1.29, 1.82) is 0 Å². The second kappa shape index (κ2) is 6.30. The van der Waals surface area contributed by atoms with Crippen LogP contribution in [0.1, 0.15) is 12.5 Å². The van der Waals surface area contributed by atoms with E-state index in [4.69, 9.17) is 22.1 Å². The lowest BCUT2D eigenvalue weighted by Crippen LogP contribution is -2.07. The summed E-state index contributed by atoms with van der Waals surface area (Å²) in [6.45, 7) is 1.80. The molecule has 0 saturated heterocycles. The van der Waals surface area contributed by atoms with Gasteiger partial charge in [0.05, 0.1) is 16.4 Å². The summed E-state index contributed by atoms with van der Waals surface area (Å²) in [5, 5.41) is 3.24. The minimum Gasteiger partial charge on any atom is -0.487 e. The molecule has 2 aromatic rings. The number of amides is 1. The van der Waals surface area contributed by atoms with E-state index in [0.717, 1.165) is 5.56 Å². The van der Waals surface area contributed by atoms with Crippen molar-refractivity contribution in [2.75, 3.05) is 11.1 Å². The summed E-state index contributed by atoms with van der Waals surface area (Å²) in [6, 6.07) is 12.6. The number of nitrogens with one attached hydrogen (secondary N) is 1. The van der Waals surface area contributed by atoms with Crippen LogP contribution in [0.25, 0.3) is 0 Å². The molecule has 0 unspecified atom stereocenters. The molecule has 0 saturated carbocycles.